The standard InChI is InChI=1S/C16H26N2O2/c1-16(2)10-14(19)17-5-6-18(16)15(20)9-13-8-11-3-4-12(13)7-11/h11-13H,3-10H2,1-2H3,(H,17,19). The van der Waals surface area contributed by atoms with E-state index in [1.165, 1.54) is 25.7 Å². The highest BCUT2D eigenvalue weighted by Gasteiger charge is 2.42. The van der Waals surface area contributed by atoms with E-state index in [2.05, 4.69) is 5.32 Å². The zero-order chi connectivity index (χ0) is 14.3. The molecule has 1 aliphatic heterocycles. The van der Waals surface area contributed by atoms with Gasteiger partial charge in [0.1, 0.15) is 0 Å². The Bertz CT molecular complexity index is 419. The summed E-state index contributed by atoms with van der Waals surface area (Å²) in [6, 6.07) is 0. The molecular formula is C16H26N2O2. The van der Waals surface area contributed by atoms with E-state index in [1.54, 1.807) is 0 Å². The molecule has 0 radical (unpaired) electrons. The Balaban J connectivity index is 1.65. The summed E-state index contributed by atoms with van der Waals surface area (Å²) in [5.41, 5.74) is -0.352. The van der Waals surface area contributed by atoms with E-state index in [0.717, 1.165) is 11.8 Å². The van der Waals surface area contributed by atoms with Crippen LogP contribution in [0.3, 0.4) is 0 Å². The fourth-order valence-corrected chi connectivity index (χ4v) is 4.58. The predicted molar refractivity (Wildman–Crippen MR) is 77.0 cm³/mol. The van der Waals surface area contributed by atoms with E-state index < -0.39 is 0 Å². The number of hydrogen-bond donors (Lipinski definition) is 1. The Morgan fingerprint density at radius 2 is 2.15 bits per heavy atom. The molecule has 2 amide bonds. The first kappa shape index (κ1) is 13.9. The van der Waals surface area contributed by atoms with Gasteiger partial charge < -0.3 is 10.2 Å². The van der Waals surface area contributed by atoms with Gasteiger partial charge in [0.2, 0.25) is 11.8 Å². The lowest BCUT2D eigenvalue weighted by Crippen LogP contribution is -2.49. The number of carbonyl (C=O) groups is 2. The lowest BCUT2D eigenvalue weighted by Gasteiger charge is -2.37. The van der Waals surface area contributed by atoms with Crippen LogP contribution in [0.1, 0.15) is 52.4 Å². The summed E-state index contributed by atoms with van der Waals surface area (Å²) in [6.07, 6.45) is 6.41. The van der Waals surface area contributed by atoms with Crippen molar-refractivity contribution >= 4 is 11.8 Å². The molecule has 4 heteroatoms. The molecule has 1 heterocycles. The van der Waals surface area contributed by atoms with Gasteiger partial charge in [-0.05, 0) is 50.9 Å². The second-order valence-electron chi connectivity index (χ2n) is 7.52. The molecule has 0 aromatic carbocycles. The summed E-state index contributed by atoms with van der Waals surface area (Å²) < 4.78 is 0. The van der Waals surface area contributed by atoms with E-state index in [4.69, 9.17) is 0 Å². The van der Waals surface area contributed by atoms with Crippen molar-refractivity contribution in [2.75, 3.05) is 13.1 Å². The molecule has 3 rings (SSSR count). The molecule has 1 saturated heterocycles. The topological polar surface area (TPSA) is 49.4 Å². The number of rotatable bonds is 2. The maximum absolute atomic E-state index is 12.7. The Morgan fingerprint density at radius 1 is 1.35 bits per heavy atom. The van der Waals surface area contributed by atoms with Crippen molar-refractivity contribution in [2.24, 2.45) is 17.8 Å². The zero-order valence-corrected chi connectivity index (χ0v) is 12.7. The van der Waals surface area contributed by atoms with Crippen molar-refractivity contribution in [1.82, 2.24) is 10.2 Å². The maximum atomic E-state index is 12.7. The van der Waals surface area contributed by atoms with Gasteiger partial charge >= 0.3 is 0 Å². The second kappa shape index (κ2) is 5.05. The minimum Gasteiger partial charge on any atom is -0.354 e. The number of fused-ring (bicyclic) bond motifs is 2. The molecule has 4 nitrogen and oxygen atoms in total. The smallest absolute Gasteiger partial charge is 0.223 e. The van der Waals surface area contributed by atoms with E-state index in [0.29, 0.717) is 31.8 Å². The molecule has 0 spiro atoms. The number of carbonyl (C=O) groups excluding carboxylic acids is 2. The van der Waals surface area contributed by atoms with Crippen LogP contribution in [0.5, 0.6) is 0 Å². The van der Waals surface area contributed by atoms with Crippen LogP contribution >= 0.6 is 0 Å². The zero-order valence-electron chi connectivity index (χ0n) is 12.7. The third-order valence-electron chi connectivity index (χ3n) is 5.60. The maximum Gasteiger partial charge on any atom is 0.223 e. The van der Waals surface area contributed by atoms with Crippen molar-refractivity contribution in [1.29, 1.82) is 0 Å². The van der Waals surface area contributed by atoms with Crippen molar-refractivity contribution in [3.05, 3.63) is 0 Å². The average molecular weight is 278 g/mol. The van der Waals surface area contributed by atoms with Gasteiger partial charge in [0.15, 0.2) is 0 Å². The number of hydrogen-bond acceptors (Lipinski definition) is 2. The van der Waals surface area contributed by atoms with Gasteiger partial charge in [-0.3, -0.25) is 9.59 Å². The molecule has 0 aromatic rings. The van der Waals surface area contributed by atoms with Crippen LogP contribution in [0.15, 0.2) is 0 Å². The van der Waals surface area contributed by atoms with Gasteiger partial charge in [-0.1, -0.05) is 6.42 Å². The highest BCUT2D eigenvalue weighted by Crippen LogP contribution is 2.49. The second-order valence-corrected chi connectivity index (χ2v) is 7.52. The molecule has 3 aliphatic rings. The molecule has 1 N–H and O–H groups in total. The van der Waals surface area contributed by atoms with Crippen LogP contribution in [0, 0.1) is 17.8 Å². The van der Waals surface area contributed by atoms with Gasteiger partial charge in [0.05, 0.1) is 0 Å². The van der Waals surface area contributed by atoms with Crippen molar-refractivity contribution in [2.45, 2.75) is 57.9 Å². The van der Waals surface area contributed by atoms with Crippen molar-refractivity contribution in [3.8, 4) is 0 Å². The first-order valence-corrected chi connectivity index (χ1v) is 8.03. The summed E-state index contributed by atoms with van der Waals surface area (Å²) in [5.74, 6) is 2.59. The van der Waals surface area contributed by atoms with Gasteiger partial charge in [-0.15, -0.1) is 0 Å². The van der Waals surface area contributed by atoms with Crippen LogP contribution in [-0.4, -0.2) is 35.3 Å². The first-order chi connectivity index (χ1) is 9.45. The minimum atomic E-state index is -0.352. The molecule has 2 saturated carbocycles. The molecule has 3 unspecified atom stereocenters. The monoisotopic (exact) mass is 278 g/mol. The van der Waals surface area contributed by atoms with Gasteiger partial charge in [0, 0.05) is 31.5 Å². The molecule has 20 heavy (non-hydrogen) atoms. The molecule has 112 valence electrons. The van der Waals surface area contributed by atoms with Gasteiger partial charge in [0.25, 0.3) is 0 Å². The van der Waals surface area contributed by atoms with E-state index in [-0.39, 0.29) is 17.4 Å². The minimum absolute atomic E-state index is 0.0604. The van der Waals surface area contributed by atoms with Crippen LogP contribution in [0.2, 0.25) is 0 Å². The molecule has 3 atom stereocenters. The highest BCUT2D eigenvalue weighted by molar-refractivity contribution is 5.82. The number of nitrogens with zero attached hydrogens (tertiary/aromatic N) is 1. The van der Waals surface area contributed by atoms with E-state index in [9.17, 15) is 9.59 Å². The van der Waals surface area contributed by atoms with Crippen LogP contribution in [-0.2, 0) is 9.59 Å². The first-order valence-electron chi connectivity index (χ1n) is 8.03. The van der Waals surface area contributed by atoms with E-state index >= 15 is 0 Å². The predicted octanol–water partition coefficient (Wildman–Crippen LogP) is 1.94. The molecule has 0 aromatic heterocycles. The Kier molecular flexibility index (Phi) is 3.51. The number of nitrogens with one attached hydrogen (secondary N) is 1. The highest BCUT2D eigenvalue weighted by atomic mass is 16.2. The normalized spacial score (nSPS) is 35.8. The largest absolute Gasteiger partial charge is 0.354 e. The van der Waals surface area contributed by atoms with Gasteiger partial charge in [-0.25, -0.2) is 0 Å². The Morgan fingerprint density at radius 3 is 2.80 bits per heavy atom. The molecule has 3 fully saturated rings. The lowest BCUT2D eigenvalue weighted by atomic mass is 9.85. The van der Waals surface area contributed by atoms with Crippen LogP contribution in [0.4, 0.5) is 0 Å². The molecular weight excluding hydrogens is 252 g/mol. The summed E-state index contributed by atoms with van der Waals surface area (Å²) in [4.78, 5) is 26.3. The third-order valence-corrected chi connectivity index (χ3v) is 5.60. The molecule has 2 bridgehead atoms. The van der Waals surface area contributed by atoms with Gasteiger partial charge in [-0.2, -0.15) is 0 Å². The Hall–Kier alpha value is -1.06. The SMILES string of the molecule is CC1(C)CC(=O)NCCN1C(=O)CC1CC2CCC1C2. The quantitative estimate of drug-likeness (QED) is 0.839. The van der Waals surface area contributed by atoms with Crippen LogP contribution < -0.4 is 5.32 Å². The number of amides is 2. The fourth-order valence-electron chi connectivity index (χ4n) is 4.58. The summed E-state index contributed by atoms with van der Waals surface area (Å²) in [6.45, 7) is 5.26. The average Bonchev–Trinajstić information content (AvgIpc) is 2.91. The lowest BCUT2D eigenvalue weighted by molar-refractivity contribution is -0.138. The van der Waals surface area contributed by atoms with E-state index in [1.807, 2.05) is 18.7 Å². The van der Waals surface area contributed by atoms with Crippen molar-refractivity contribution < 1.29 is 9.59 Å². The summed E-state index contributed by atoms with van der Waals surface area (Å²) >= 11 is 0. The Labute approximate surface area is 121 Å². The third kappa shape index (κ3) is 2.57. The van der Waals surface area contributed by atoms with Crippen molar-refractivity contribution in [3.63, 3.8) is 0 Å². The van der Waals surface area contributed by atoms with Crippen LogP contribution in [0.25, 0.3) is 0 Å². The molecule has 2 aliphatic carbocycles. The summed E-state index contributed by atoms with van der Waals surface area (Å²) in [7, 11) is 0. The fraction of sp³-hybridized carbons (Fsp3) is 0.875. The summed E-state index contributed by atoms with van der Waals surface area (Å²) in [5, 5.41) is 2.87.